The Hall–Kier alpha value is -1.78. The second-order valence-corrected chi connectivity index (χ2v) is 5.36. The van der Waals surface area contributed by atoms with Crippen molar-refractivity contribution in [3.05, 3.63) is 24.2 Å². The maximum absolute atomic E-state index is 12.1. The Balaban J connectivity index is 1.83. The predicted molar refractivity (Wildman–Crippen MR) is 75.2 cm³/mol. The maximum Gasteiger partial charge on any atom is 0.289 e. The number of hydrogen-bond donors (Lipinski definition) is 1. The topological polar surface area (TPSA) is 62.6 Å². The molecule has 0 bridgehead atoms. The van der Waals surface area contributed by atoms with Gasteiger partial charge in [-0.1, -0.05) is 6.92 Å². The van der Waals surface area contributed by atoms with E-state index in [1.807, 2.05) is 6.92 Å². The highest BCUT2D eigenvalue weighted by Crippen LogP contribution is 2.19. The van der Waals surface area contributed by atoms with Gasteiger partial charge in [-0.25, -0.2) is 0 Å². The molecule has 1 unspecified atom stereocenters. The lowest BCUT2D eigenvalue weighted by Crippen LogP contribution is -2.44. The van der Waals surface area contributed by atoms with Gasteiger partial charge in [0.05, 0.1) is 6.26 Å². The molecule has 1 saturated heterocycles. The van der Waals surface area contributed by atoms with Gasteiger partial charge in [0, 0.05) is 25.0 Å². The third kappa shape index (κ3) is 3.40. The number of furan rings is 1. The first kappa shape index (κ1) is 14.6. The van der Waals surface area contributed by atoms with Crippen LogP contribution in [0.5, 0.6) is 0 Å². The summed E-state index contributed by atoms with van der Waals surface area (Å²) >= 11 is 0. The number of likely N-dealkylation sites (tertiary alicyclic amines) is 1. The van der Waals surface area contributed by atoms with E-state index in [2.05, 4.69) is 12.2 Å². The number of hydrogen-bond acceptors (Lipinski definition) is 3. The minimum Gasteiger partial charge on any atom is -0.459 e. The summed E-state index contributed by atoms with van der Waals surface area (Å²) in [5.41, 5.74) is 0. The van der Waals surface area contributed by atoms with Crippen LogP contribution in [0.2, 0.25) is 0 Å². The van der Waals surface area contributed by atoms with Crippen molar-refractivity contribution in [3.63, 3.8) is 0 Å². The van der Waals surface area contributed by atoms with E-state index in [0.29, 0.717) is 31.7 Å². The molecule has 1 fully saturated rings. The number of nitrogens with one attached hydrogen (secondary N) is 1. The fourth-order valence-electron chi connectivity index (χ4n) is 2.36. The van der Waals surface area contributed by atoms with Crippen LogP contribution in [0.4, 0.5) is 0 Å². The van der Waals surface area contributed by atoms with Crippen LogP contribution in [0.15, 0.2) is 22.8 Å². The van der Waals surface area contributed by atoms with Crippen molar-refractivity contribution in [2.45, 2.75) is 39.2 Å². The first-order valence-corrected chi connectivity index (χ1v) is 7.25. The van der Waals surface area contributed by atoms with Crippen molar-refractivity contribution in [2.75, 3.05) is 13.1 Å². The minimum absolute atomic E-state index is 0.0182. The molecule has 1 aliphatic rings. The molecule has 0 aromatic carbocycles. The Morgan fingerprint density at radius 1 is 1.45 bits per heavy atom. The second-order valence-electron chi connectivity index (χ2n) is 5.36. The summed E-state index contributed by atoms with van der Waals surface area (Å²) < 4.78 is 5.12. The molecule has 5 nitrogen and oxygen atoms in total. The molecular formula is C15H22N2O3. The zero-order valence-corrected chi connectivity index (χ0v) is 12.1. The summed E-state index contributed by atoms with van der Waals surface area (Å²) in [5, 5.41) is 3.01. The number of carbonyl (C=O) groups is 2. The average molecular weight is 278 g/mol. The van der Waals surface area contributed by atoms with Gasteiger partial charge >= 0.3 is 0 Å². The zero-order valence-electron chi connectivity index (χ0n) is 12.1. The minimum atomic E-state index is -0.0872. The number of rotatable bonds is 4. The van der Waals surface area contributed by atoms with E-state index >= 15 is 0 Å². The number of carbonyl (C=O) groups excluding carboxylic acids is 2. The van der Waals surface area contributed by atoms with E-state index in [1.54, 1.807) is 17.0 Å². The molecule has 1 atom stereocenters. The van der Waals surface area contributed by atoms with Crippen LogP contribution in [0, 0.1) is 5.92 Å². The molecule has 2 rings (SSSR count). The SMILES string of the molecule is CCC(C)NC(=O)C1CCN(C(=O)c2ccco2)CC1. The largest absolute Gasteiger partial charge is 0.459 e. The van der Waals surface area contributed by atoms with Crippen LogP contribution in [0.3, 0.4) is 0 Å². The molecule has 0 saturated carbocycles. The van der Waals surface area contributed by atoms with Crippen LogP contribution in [0.25, 0.3) is 0 Å². The quantitative estimate of drug-likeness (QED) is 0.916. The molecule has 2 amide bonds. The van der Waals surface area contributed by atoms with Crippen molar-refractivity contribution in [2.24, 2.45) is 5.92 Å². The molecule has 1 N–H and O–H groups in total. The average Bonchev–Trinajstić information content (AvgIpc) is 3.00. The van der Waals surface area contributed by atoms with Gasteiger partial charge in [0.2, 0.25) is 5.91 Å². The highest BCUT2D eigenvalue weighted by molar-refractivity contribution is 5.91. The van der Waals surface area contributed by atoms with Crippen molar-refractivity contribution < 1.29 is 14.0 Å². The summed E-state index contributed by atoms with van der Waals surface area (Å²) in [4.78, 5) is 25.9. The van der Waals surface area contributed by atoms with Crippen molar-refractivity contribution in [3.8, 4) is 0 Å². The summed E-state index contributed by atoms with van der Waals surface area (Å²) in [6.07, 6.45) is 3.87. The number of nitrogens with zero attached hydrogens (tertiary/aromatic N) is 1. The van der Waals surface area contributed by atoms with Gasteiger partial charge in [0.15, 0.2) is 5.76 Å². The highest BCUT2D eigenvalue weighted by atomic mass is 16.3. The molecule has 0 spiro atoms. The van der Waals surface area contributed by atoms with E-state index in [0.717, 1.165) is 6.42 Å². The van der Waals surface area contributed by atoms with E-state index in [4.69, 9.17) is 4.42 Å². The van der Waals surface area contributed by atoms with Gasteiger partial charge in [-0.05, 0) is 38.3 Å². The fraction of sp³-hybridized carbons (Fsp3) is 0.600. The Kier molecular flexibility index (Phi) is 4.82. The van der Waals surface area contributed by atoms with Gasteiger partial charge < -0.3 is 14.6 Å². The predicted octanol–water partition coefficient (Wildman–Crippen LogP) is 2.05. The summed E-state index contributed by atoms with van der Waals surface area (Å²) in [6, 6.07) is 3.59. The standard InChI is InChI=1S/C15H22N2O3/c1-3-11(2)16-14(18)12-6-8-17(9-7-12)15(19)13-5-4-10-20-13/h4-5,10-12H,3,6-9H2,1-2H3,(H,16,18). The van der Waals surface area contributed by atoms with Crippen LogP contribution >= 0.6 is 0 Å². The normalized spacial score (nSPS) is 17.8. The molecule has 0 radical (unpaired) electrons. The molecule has 5 heteroatoms. The zero-order chi connectivity index (χ0) is 14.5. The third-order valence-electron chi connectivity index (χ3n) is 3.89. The van der Waals surface area contributed by atoms with Gasteiger partial charge in [-0.3, -0.25) is 9.59 Å². The van der Waals surface area contributed by atoms with Gasteiger partial charge in [-0.15, -0.1) is 0 Å². The fourth-order valence-corrected chi connectivity index (χ4v) is 2.36. The number of amides is 2. The molecule has 110 valence electrons. The van der Waals surface area contributed by atoms with E-state index in [-0.39, 0.29) is 23.8 Å². The maximum atomic E-state index is 12.1. The van der Waals surface area contributed by atoms with Crippen LogP contribution in [-0.4, -0.2) is 35.8 Å². The van der Waals surface area contributed by atoms with Gasteiger partial charge in [0.1, 0.15) is 0 Å². The first-order chi connectivity index (χ1) is 9.61. The van der Waals surface area contributed by atoms with Gasteiger partial charge in [0.25, 0.3) is 5.91 Å². The monoisotopic (exact) mass is 278 g/mol. The molecule has 20 heavy (non-hydrogen) atoms. The van der Waals surface area contributed by atoms with Crippen LogP contribution < -0.4 is 5.32 Å². The Bertz CT molecular complexity index is 448. The molecule has 1 aromatic heterocycles. The highest BCUT2D eigenvalue weighted by Gasteiger charge is 2.28. The molecular weight excluding hydrogens is 256 g/mol. The lowest BCUT2D eigenvalue weighted by Gasteiger charge is -2.31. The van der Waals surface area contributed by atoms with E-state index in [1.165, 1.54) is 6.26 Å². The third-order valence-corrected chi connectivity index (χ3v) is 3.89. The molecule has 0 aliphatic carbocycles. The van der Waals surface area contributed by atoms with Gasteiger partial charge in [-0.2, -0.15) is 0 Å². The van der Waals surface area contributed by atoms with E-state index in [9.17, 15) is 9.59 Å². The van der Waals surface area contributed by atoms with Crippen molar-refractivity contribution >= 4 is 11.8 Å². The van der Waals surface area contributed by atoms with Crippen molar-refractivity contribution in [1.29, 1.82) is 0 Å². The van der Waals surface area contributed by atoms with Crippen LogP contribution in [0.1, 0.15) is 43.7 Å². The van der Waals surface area contributed by atoms with Crippen LogP contribution in [-0.2, 0) is 4.79 Å². The lowest BCUT2D eigenvalue weighted by molar-refractivity contribution is -0.126. The summed E-state index contributed by atoms with van der Waals surface area (Å²) in [7, 11) is 0. The second kappa shape index (κ2) is 6.59. The molecule has 1 aliphatic heterocycles. The summed E-state index contributed by atoms with van der Waals surface area (Å²) in [6.45, 7) is 5.28. The molecule has 1 aromatic rings. The number of piperidine rings is 1. The first-order valence-electron chi connectivity index (χ1n) is 7.25. The Morgan fingerprint density at radius 2 is 2.15 bits per heavy atom. The van der Waals surface area contributed by atoms with E-state index < -0.39 is 0 Å². The molecule has 2 heterocycles. The smallest absolute Gasteiger partial charge is 0.289 e. The summed E-state index contributed by atoms with van der Waals surface area (Å²) in [5.74, 6) is 0.414. The lowest BCUT2D eigenvalue weighted by atomic mass is 9.95. The Labute approximate surface area is 119 Å². The van der Waals surface area contributed by atoms with Crippen molar-refractivity contribution in [1.82, 2.24) is 10.2 Å². The Morgan fingerprint density at radius 3 is 2.70 bits per heavy atom.